The Hall–Kier alpha value is -0.750. The number of hydrogen-bond donors (Lipinski definition) is 2. The van der Waals surface area contributed by atoms with Crippen LogP contribution in [0.3, 0.4) is 0 Å². The third kappa shape index (κ3) is 8.45. The van der Waals surface area contributed by atoms with E-state index in [1.165, 1.54) is 5.56 Å². The lowest BCUT2D eigenvalue weighted by Crippen LogP contribution is -2.44. The van der Waals surface area contributed by atoms with Crippen LogP contribution in [0.4, 0.5) is 0 Å². The van der Waals surface area contributed by atoms with E-state index in [1.807, 2.05) is 0 Å². The van der Waals surface area contributed by atoms with Gasteiger partial charge in [-0.2, -0.15) is 0 Å². The van der Waals surface area contributed by atoms with Gasteiger partial charge in [-0.05, 0) is 36.1 Å². The number of benzene rings is 1. The first kappa shape index (κ1) is 22.3. The fourth-order valence-electron chi connectivity index (χ4n) is 2.72. The Morgan fingerprint density at radius 2 is 1.84 bits per heavy atom. The van der Waals surface area contributed by atoms with E-state index in [0.717, 1.165) is 50.6 Å². The van der Waals surface area contributed by atoms with Crippen LogP contribution in [0, 0.1) is 0 Å². The number of hydrogen-bond acceptors (Lipinski definition) is 4. The molecule has 142 valence electrons. The highest BCUT2D eigenvalue weighted by Gasteiger charge is 2.13. The number of carbonyl (C=O) groups excluding carboxylic acids is 1. The monoisotopic (exact) mass is 385 g/mol. The largest absolute Gasteiger partial charge is 0.355 e. The highest BCUT2D eigenvalue weighted by molar-refractivity contribution is 8.00. The van der Waals surface area contributed by atoms with Gasteiger partial charge in [-0.25, -0.2) is 0 Å². The molecular weight excluding hydrogens is 354 g/mol. The van der Waals surface area contributed by atoms with Crippen LogP contribution in [0.5, 0.6) is 0 Å². The number of nitrogens with zero attached hydrogens (tertiary/aromatic N) is 1. The van der Waals surface area contributed by atoms with Gasteiger partial charge in [-0.3, -0.25) is 4.79 Å². The average molecular weight is 386 g/mol. The number of rotatable bonds is 7. The zero-order valence-corrected chi connectivity index (χ0v) is 17.3. The van der Waals surface area contributed by atoms with E-state index in [4.69, 9.17) is 0 Å². The summed E-state index contributed by atoms with van der Waals surface area (Å²) in [5, 5.41) is 6.38. The van der Waals surface area contributed by atoms with Crippen LogP contribution in [0.1, 0.15) is 32.8 Å². The molecule has 0 aromatic heterocycles. The number of amides is 1. The Bertz CT molecular complexity index is 510. The zero-order chi connectivity index (χ0) is 17.4. The summed E-state index contributed by atoms with van der Waals surface area (Å²) in [6, 6.07) is 8.55. The van der Waals surface area contributed by atoms with Crippen LogP contribution >= 0.6 is 24.2 Å². The van der Waals surface area contributed by atoms with Crippen LogP contribution in [-0.4, -0.2) is 55.8 Å². The lowest BCUT2D eigenvalue weighted by Gasteiger charge is -2.27. The normalized spacial score (nSPS) is 15.5. The summed E-state index contributed by atoms with van der Waals surface area (Å²) in [5.74, 6) is 0.614. The second kappa shape index (κ2) is 11.1. The molecule has 0 unspecified atom stereocenters. The predicted molar refractivity (Wildman–Crippen MR) is 110 cm³/mol. The molecule has 0 aliphatic carbocycles. The molecule has 1 saturated heterocycles. The molecule has 0 saturated carbocycles. The van der Waals surface area contributed by atoms with Crippen molar-refractivity contribution in [2.75, 3.05) is 45.0 Å². The number of piperazine rings is 1. The molecular formula is C19H32ClN3OS. The van der Waals surface area contributed by atoms with E-state index in [1.54, 1.807) is 11.8 Å². The van der Waals surface area contributed by atoms with E-state index in [2.05, 4.69) is 60.6 Å². The Labute approximate surface area is 162 Å². The van der Waals surface area contributed by atoms with Gasteiger partial charge < -0.3 is 15.5 Å². The molecule has 1 aliphatic rings. The molecule has 2 rings (SSSR count). The van der Waals surface area contributed by atoms with E-state index >= 15 is 0 Å². The van der Waals surface area contributed by atoms with Crippen LogP contribution < -0.4 is 10.6 Å². The zero-order valence-electron chi connectivity index (χ0n) is 15.6. The van der Waals surface area contributed by atoms with Crippen LogP contribution in [0.15, 0.2) is 29.2 Å². The maximum atomic E-state index is 11.9. The third-order valence-corrected chi connectivity index (χ3v) is 5.29. The summed E-state index contributed by atoms with van der Waals surface area (Å²) in [6.45, 7) is 12.9. The Morgan fingerprint density at radius 1 is 1.20 bits per heavy atom. The van der Waals surface area contributed by atoms with Crippen LogP contribution in [-0.2, 0) is 10.2 Å². The van der Waals surface area contributed by atoms with Crippen molar-refractivity contribution in [1.29, 1.82) is 0 Å². The first-order valence-electron chi connectivity index (χ1n) is 8.88. The fraction of sp³-hybridized carbons (Fsp3) is 0.632. The molecule has 1 aromatic carbocycles. The Morgan fingerprint density at radius 3 is 2.44 bits per heavy atom. The van der Waals surface area contributed by atoms with Crippen molar-refractivity contribution in [3.8, 4) is 0 Å². The topological polar surface area (TPSA) is 44.4 Å². The summed E-state index contributed by atoms with van der Waals surface area (Å²) in [5.41, 5.74) is 1.49. The van der Waals surface area contributed by atoms with Crippen molar-refractivity contribution in [1.82, 2.24) is 15.5 Å². The minimum absolute atomic E-state index is 0. The van der Waals surface area contributed by atoms with Gasteiger partial charge in [0.25, 0.3) is 0 Å². The maximum absolute atomic E-state index is 11.9. The Kier molecular flexibility index (Phi) is 9.87. The standard InChI is InChI=1S/C19H31N3OS.ClH/c1-19(2,3)16-5-7-17(8-6-16)24-15-18(23)21-9-4-12-22-13-10-20-11-14-22;/h5-8,20H,4,9-15H2,1-3H3,(H,21,23);1H. The second-order valence-corrected chi connectivity index (χ2v) is 8.41. The van der Waals surface area contributed by atoms with Crippen molar-refractivity contribution < 1.29 is 4.79 Å². The molecule has 0 bridgehead atoms. The lowest BCUT2D eigenvalue weighted by atomic mass is 9.87. The number of thioether (sulfide) groups is 1. The summed E-state index contributed by atoms with van der Waals surface area (Å²) >= 11 is 1.60. The highest BCUT2D eigenvalue weighted by Crippen LogP contribution is 2.25. The van der Waals surface area contributed by atoms with E-state index < -0.39 is 0 Å². The van der Waals surface area contributed by atoms with Gasteiger partial charge in [0.15, 0.2) is 0 Å². The van der Waals surface area contributed by atoms with E-state index in [9.17, 15) is 4.79 Å². The van der Waals surface area contributed by atoms with Crippen LogP contribution in [0.25, 0.3) is 0 Å². The van der Waals surface area contributed by atoms with Gasteiger partial charge in [-0.1, -0.05) is 32.9 Å². The minimum atomic E-state index is 0. The number of halogens is 1. The van der Waals surface area contributed by atoms with Crippen molar-refractivity contribution in [3.05, 3.63) is 29.8 Å². The summed E-state index contributed by atoms with van der Waals surface area (Å²) in [7, 11) is 0. The molecule has 6 heteroatoms. The molecule has 1 amide bonds. The smallest absolute Gasteiger partial charge is 0.230 e. The molecule has 1 heterocycles. The molecule has 1 aliphatic heterocycles. The van der Waals surface area contributed by atoms with Crippen molar-refractivity contribution >= 4 is 30.1 Å². The van der Waals surface area contributed by atoms with Crippen LogP contribution in [0.2, 0.25) is 0 Å². The summed E-state index contributed by atoms with van der Waals surface area (Å²) in [6.07, 6.45) is 1.02. The van der Waals surface area contributed by atoms with E-state index in [-0.39, 0.29) is 23.7 Å². The first-order valence-corrected chi connectivity index (χ1v) is 9.87. The molecule has 0 atom stereocenters. The molecule has 4 nitrogen and oxygen atoms in total. The van der Waals surface area contributed by atoms with E-state index in [0.29, 0.717) is 5.75 Å². The van der Waals surface area contributed by atoms with Gasteiger partial charge in [0.1, 0.15) is 0 Å². The molecule has 0 radical (unpaired) electrons. The summed E-state index contributed by atoms with van der Waals surface area (Å²) in [4.78, 5) is 15.5. The Balaban J connectivity index is 0.00000312. The predicted octanol–water partition coefficient (Wildman–Crippen LogP) is 2.91. The highest BCUT2D eigenvalue weighted by atomic mass is 35.5. The van der Waals surface area contributed by atoms with Gasteiger partial charge in [0, 0.05) is 37.6 Å². The first-order chi connectivity index (χ1) is 11.4. The van der Waals surface area contributed by atoms with Crippen molar-refractivity contribution in [2.24, 2.45) is 0 Å². The van der Waals surface area contributed by atoms with Crippen molar-refractivity contribution in [2.45, 2.75) is 37.5 Å². The third-order valence-electron chi connectivity index (χ3n) is 4.27. The second-order valence-electron chi connectivity index (χ2n) is 7.36. The number of carbonyl (C=O) groups is 1. The molecule has 25 heavy (non-hydrogen) atoms. The molecule has 1 fully saturated rings. The maximum Gasteiger partial charge on any atom is 0.230 e. The number of nitrogens with one attached hydrogen (secondary N) is 2. The average Bonchev–Trinajstić information content (AvgIpc) is 2.57. The van der Waals surface area contributed by atoms with Gasteiger partial charge in [0.05, 0.1) is 5.75 Å². The molecule has 1 aromatic rings. The lowest BCUT2D eigenvalue weighted by molar-refractivity contribution is -0.118. The summed E-state index contributed by atoms with van der Waals surface area (Å²) < 4.78 is 0. The minimum Gasteiger partial charge on any atom is -0.355 e. The molecule has 2 N–H and O–H groups in total. The van der Waals surface area contributed by atoms with Gasteiger partial charge in [-0.15, -0.1) is 24.2 Å². The SMILES string of the molecule is CC(C)(C)c1ccc(SCC(=O)NCCCN2CCNCC2)cc1.Cl. The quantitative estimate of drug-likeness (QED) is 0.559. The molecule has 0 spiro atoms. The van der Waals surface area contributed by atoms with Gasteiger partial charge >= 0.3 is 0 Å². The van der Waals surface area contributed by atoms with Gasteiger partial charge in [0.2, 0.25) is 5.91 Å². The fourth-order valence-corrected chi connectivity index (χ4v) is 3.44. The van der Waals surface area contributed by atoms with Crippen molar-refractivity contribution in [3.63, 3.8) is 0 Å².